The smallest absolute Gasteiger partial charge is 0.322 e. The van der Waals surface area contributed by atoms with E-state index in [2.05, 4.69) is 11.9 Å². The molecule has 0 atom stereocenters. The van der Waals surface area contributed by atoms with Crippen LogP contribution in [0.5, 0.6) is 0 Å². The predicted octanol–water partition coefficient (Wildman–Crippen LogP) is 4.71. The van der Waals surface area contributed by atoms with Crippen LogP contribution in [-0.4, -0.2) is 41.4 Å². The van der Waals surface area contributed by atoms with Crippen molar-refractivity contribution in [1.29, 1.82) is 0 Å². The highest BCUT2D eigenvalue weighted by Gasteiger charge is 2.22. The summed E-state index contributed by atoms with van der Waals surface area (Å²) < 4.78 is 19.3. The summed E-state index contributed by atoms with van der Waals surface area (Å²) in [6.07, 6.45) is 3.74. The summed E-state index contributed by atoms with van der Waals surface area (Å²) in [4.78, 5) is 28.8. The van der Waals surface area contributed by atoms with E-state index in [1.807, 2.05) is 30.3 Å². The van der Waals surface area contributed by atoms with Gasteiger partial charge in [0.1, 0.15) is 18.1 Å². The number of halogens is 1. The summed E-state index contributed by atoms with van der Waals surface area (Å²) in [5.41, 5.74) is 1.15. The Balaban J connectivity index is 1.69. The maximum Gasteiger partial charge on any atom is 0.322 e. The third-order valence-electron chi connectivity index (χ3n) is 4.87. The molecule has 0 saturated heterocycles. The monoisotopic (exact) mass is 435 g/mol. The maximum atomic E-state index is 13.9. The molecule has 166 valence electrons. The van der Waals surface area contributed by atoms with Gasteiger partial charge in [0.15, 0.2) is 0 Å². The quantitative estimate of drug-likeness (QED) is 0.469. The van der Waals surface area contributed by atoms with Crippen LogP contribution in [0.3, 0.4) is 0 Å². The number of benzene rings is 2. The summed E-state index contributed by atoms with van der Waals surface area (Å²) in [6.45, 7) is 4.37. The van der Waals surface area contributed by atoms with Gasteiger partial charge in [0.2, 0.25) is 5.91 Å². The lowest BCUT2D eigenvalue weighted by Crippen LogP contribution is -2.45. The van der Waals surface area contributed by atoms with Crippen LogP contribution in [-0.2, 0) is 17.8 Å². The second kappa shape index (κ2) is 11.5. The molecule has 0 radical (unpaired) electrons. The van der Waals surface area contributed by atoms with Gasteiger partial charge in [-0.2, -0.15) is 0 Å². The van der Waals surface area contributed by atoms with Crippen LogP contribution in [0.1, 0.15) is 11.3 Å². The summed E-state index contributed by atoms with van der Waals surface area (Å²) in [5, 5.41) is 2.52. The molecule has 3 amide bonds. The highest BCUT2D eigenvalue weighted by atomic mass is 19.1. The fourth-order valence-corrected chi connectivity index (χ4v) is 3.19. The van der Waals surface area contributed by atoms with Gasteiger partial charge in [-0.3, -0.25) is 4.79 Å². The Bertz CT molecular complexity index is 1020. The van der Waals surface area contributed by atoms with Crippen molar-refractivity contribution in [3.8, 4) is 0 Å². The number of nitrogens with zero attached hydrogens (tertiary/aromatic N) is 2. The molecule has 0 unspecified atom stereocenters. The SMILES string of the molecule is C=CCN(CC(=O)N(CCc1ccccc1)Cc1ccco1)C(=O)Nc1ccccc1F. The zero-order valence-electron chi connectivity index (χ0n) is 17.7. The van der Waals surface area contributed by atoms with Gasteiger partial charge < -0.3 is 19.5 Å². The van der Waals surface area contributed by atoms with Gasteiger partial charge in [0.05, 0.1) is 18.5 Å². The summed E-state index contributed by atoms with van der Waals surface area (Å²) in [6, 6.07) is 18.7. The van der Waals surface area contributed by atoms with Crippen LogP contribution in [0, 0.1) is 5.82 Å². The topological polar surface area (TPSA) is 65.8 Å². The number of carbonyl (C=O) groups is 2. The van der Waals surface area contributed by atoms with Gasteiger partial charge in [-0.15, -0.1) is 6.58 Å². The lowest BCUT2D eigenvalue weighted by molar-refractivity contribution is -0.132. The molecule has 7 heteroatoms. The van der Waals surface area contributed by atoms with E-state index < -0.39 is 11.8 Å². The van der Waals surface area contributed by atoms with Crippen molar-refractivity contribution in [3.63, 3.8) is 0 Å². The van der Waals surface area contributed by atoms with E-state index in [0.29, 0.717) is 18.7 Å². The highest BCUT2D eigenvalue weighted by Crippen LogP contribution is 2.14. The predicted molar refractivity (Wildman–Crippen MR) is 121 cm³/mol. The van der Waals surface area contributed by atoms with Crippen molar-refractivity contribution in [2.75, 3.05) is 25.0 Å². The molecule has 1 heterocycles. The fraction of sp³-hybridized carbons (Fsp3) is 0.200. The van der Waals surface area contributed by atoms with E-state index in [1.54, 1.807) is 29.4 Å². The number of carbonyl (C=O) groups excluding carboxylic acids is 2. The lowest BCUT2D eigenvalue weighted by Gasteiger charge is -2.27. The summed E-state index contributed by atoms with van der Waals surface area (Å²) in [7, 11) is 0. The molecule has 1 aromatic heterocycles. The number of rotatable bonds is 10. The first-order valence-electron chi connectivity index (χ1n) is 10.3. The highest BCUT2D eigenvalue weighted by molar-refractivity contribution is 5.92. The average Bonchev–Trinajstić information content (AvgIpc) is 3.31. The largest absolute Gasteiger partial charge is 0.467 e. The first-order chi connectivity index (χ1) is 15.6. The molecule has 0 saturated carbocycles. The molecule has 0 aliphatic carbocycles. The Hall–Kier alpha value is -3.87. The second-order valence-electron chi connectivity index (χ2n) is 7.21. The number of nitrogens with one attached hydrogen (secondary N) is 1. The molecule has 32 heavy (non-hydrogen) atoms. The number of hydrogen-bond acceptors (Lipinski definition) is 3. The van der Waals surface area contributed by atoms with Crippen molar-refractivity contribution in [3.05, 3.63) is 103 Å². The van der Waals surface area contributed by atoms with Crippen LogP contribution >= 0.6 is 0 Å². The minimum Gasteiger partial charge on any atom is -0.467 e. The third kappa shape index (κ3) is 6.57. The first-order valence-corrected chi connectivity index (χ1v) is 10.3. The molecule has 0 spiro atoms. The van der Waals surface area contributed by atoms with Crippen LogP contribution < -0.4 is 5.32 Å². The zero-order chi connectivity index (χ0) is 22.8. The molecule has 0 aliphatic rings. The average molecular weight is 435 g/mol. The van der Waals surface area contributed by atoms with E-state index in [0.717, 1.165) is 5.56 Å². The minimum absolute atomic E-state index is 0.0514. The molecule has 6 nitrogen and oxygen atoms in total. The summed E-state index contributed by atoms with van der Waals surface area (Å²) >= 11 is 0. The molecular weight excluding hydrogens is 409 g/mol. The van der Waals surface area contributed by atoms with Crippen molar-refractivity contribution < 1.29 is 18.4 Å². The maximum absolute atomic E-state index is 13.9. The van der Waals surface area contributed by atoms with Crippen LogP contribution in [0.4, 0.5) is 14.9 Å². The van der Waals surface area contributed by atoms with E-state index in [-0.39, 0.29) is 31.2 Å². The van der Waals surface area contributed by atoms with Crippen LogP contribution in [0.15, 0.2) is 90.1 Å². The van der Waals surface area contributed by atoms with Crippen molar-refractivity contribution in [2.45, 2.75) is 13.0 Å². The molecule has 0 bridgehead atoms. The van der Waals surface area contributed by atoms with Gasteiger partial charge in [-0.1, -0.05) is 48.5 Å². The Kier molecular flexibility index (Phi) is 8.20. The Labute approximate surface area is 186 Å². The number of urea groups is 1. The van der Waals surface area contributed by atoms with Gasteiger partial charge in [0.25, 0.3) is 0 Å². The normalized spacial score (nSPS) is 10.4. The molecule has 3 rings (SSSR count). The Morgan fingerprint density at radius 2 is 1.75 bits per heavy atom. The number of furan rings is 1. The van der Waals surface area contributed by atoms with Crippen LogP contribution in [0.25, 0.3) is 0 Å². The number of amides is 3. The molecule has 2 aromatic carbocycles. The van der Waals surface area contributed by atoms with Gasteiger partial charge >= 0.3 is 6.03 Å². The summed E-state index contributed by atoms with van der Waals surface area (Å²) in [5.74, 6) is -0.145. The van der Waals surface area contributed by atoms with Gasteiger partial charge in [-0.25, -0.2) is 9.18 Å². The number of hydrogen-bond donors (Lipinski definition) is 1. The number of para-hydroxylation sites is 1. The molecular formula is C25H26FN3O3. The minimum atomic E-state index is -0.579. The van der Waals surface area contributed by atoms with E-state index in [1.165, 1.54) is 29.2 Å². The van der Waals surface area contributed by atoms with Gasteiger partial charge in [0, 0.05) is 13.1 Å². The fourth-order valence-electron chi connectivity index (χ4n) is 3.19. The van der Waals surface area contributed by atoms with Crippen molar-refractivity contribution >= 4 is 17.6 Å². The van der Waals surface area contributed by atoms with Crippen LogP contribution in [0.2, 0.25) is 0 Å². The first kappa shape index (κ1) is 22.8. The van der Waals surface area contributed by atoms with E-state index >= 15 is 0 Å². The molecule has 0 aliphatic heterocycles. The Morgan fingerprint density at radius 1 is 1.00 bits per heavy atom. The van der Waals surface area contributed by atoms with E-state index in [4.69, 9.17) is 4.42 Å². The van der Waals surface area contributed by atoms with E-state index in [9.17, 15) is 14.0 Å². The lowest BCUT2D eigenvalue weighted by atomic mass is 10.1. The number of anilines is 1. The zero-order valence-corrected chi connectivity index (χ0v) is 17.7. The van der Waals surface area contributed by atoms with Crippen molar-refractivity contribution in [1.82, 2.24) is 9.80 Å². The Morgan fingerprint density at radius 3 is 2.44 bits per heavy atom. The molecule has 0 fully saturated rings. The standard InChI is InChI=1S/C25H26FN3O3/c1-2-15-29(25(31)27-23-13-7-6-12-22(23)26)19-24(30)28(18-21-11-8-17-32-21)16-14-20-9-4-3-5-10-20/h2-13,17H,1,14-16,18-19H2,(H,27,31). The molecule has 1 N–H and O–H groups in total. The third-order valence-corrected chi connectivity index (χ3v) is 4.87. The van der Waals surface area contributed by atoms with Gasteiger partial charge in [-0.05, 0) is 36.2 Å². The second-order valence-corrected chi connectivity index (χ2v) is 7.21. The molecule has 3 aromatic rings. The van der Waals surface area contributed by atoms with Crippen molar-refractivity contribution in [2.24, 2.45) is 0 Å².